The van der Waals surface area contributed by atoms with E-state index < -0.39 is 194 Å². The van der Waals surface area contributed by atoms with Crippen LogP contribution < -0.4 is 30.1 Å². The van der Waals surface area contributed by atoms with Crippen LogP contribution >= 0.6 is 0 Å². The van der Waals surface area contributed by atoms with Crippen molar-refractivity contribution in [3.05, 3.63) is 296 Å². The Morgan fingerprint density at radius 1 is 0.524 bits per heavy atom. The van der Waals surface area contributed by atoms with Gasteiger partial charge < -0.3 is 9.30 Å². The largest absolute Gasteiger partial charge is 0.509 e. The fourth-order valence-corrected chi connectivity index (χ4v) is 15.3. The summed E-state index contributed by atoms with van der Waals surface area (Å²) in [5.74, 6) is 0.295. The van der Waals surface area contributed by atoms with Crippen LogP contribution in [0.15, 0.2) is 273 Å². The number of para-hydroxylation sites is 2. The molecule has 0 bridgehead atoms. The van der Waals surface area contributed by atoms with E-state index in [-0.39, 0.29) is 105 Å². The van der Waals surface area contributed by atoms with Crippen LogP contribution in [0.2, 0.25) is 0 Å². The molecule has 1 aliphatic heterocycles. The zero-order chi connectivity index (χ0) is 83.2. The Morgan fingerprint density at radius 2 is 1.17 bits per heavy atom. The van der Waals surface area contributed by atoms with Gasteiger partial charge in [0.1, 0.15) is 11.5 Å². The van der Waals surface area contributed by atoms with Gasteiger partial charge in [-0.1, -0.05) is 232 Å². The van der Waals surface area contributed by atoms with Crippen molar-refractivity contribution < 1.29 is 74.2 Å². The Balaban J connectivity index is 0.0000111. The van der Waals surface area contributed by atoms with Gasteiger partial charge in [0, 0.05) is 83.1 Å². The number of imidazole rings is 1. The number of rotatable bonds is 9. The van der Waals surface area contributed by atoms with Crippen LogP contribution in [0, 0.1) is 19.0 Å². The molecule has 0 saturated heterocycles. The Bertz CT molecular complexity index is 6240. The van der Waals surface area contributed by atoms with E-state index in [1.807, 2.05) is 18.2 Å². The third-order valence-electron chi connectivity index (χ3n) is 14.9. The number of hydrogen-bond donors (Lipinski definition) is 0. The SMILES string of the molecule is [2H]c1c([2H])c([2H])c(-c2cc3c4c(c2)n(-c2[c-]c(Oc5[c-]c6c(cc5)c5ccccc5n6-c5cc(C([2H])([2H])[2H])ccn5)ccc2)c[n+]4-c2c(cccc2C(C([2H])([2H])[2H])(C([2H])([2H])[2H])C([2H])([2H])[2H])-c2cc([Si](c4c([2H])c([2H])c([2H])c([2H])c4[2H])(c4c([2H])c([2H])c([2H])c([2H])c4[2H])c4c([2H])c([2H])c([2H])c([2H])c4[2H])ccc2-c2ccccc2-3)c([2H])c1[2H].[Pt]. The van der Waals surface area contributed by atoms with E-state index in [4.69, 9.17) is 17.1 Å². The standard InChI is InChI=1S/C77H57N4OSi.Pt/c1-52-43-44-78-74(45-52)81-71-38-20-19-35-65(71)66-41-39-57(49-72(66)81)82-56-26-21-25-55(48-56)79-51-80-75-67(36-22-37-70(75)77(2,3)4)68-50-61(83(58-27-11-6-12-28-58,59-29-13-7-14-30-59)60-31-15-8-16-32-60)40-42-64(68)62-33-17-18-34-63(62)69-46-54(47-73(79)76(69)80)53-23-9-5-10-24-53;/h5-47,50-51H,1-4H3;/q-1;/i1D3,2D3,3D3,4D3,5D,6D,7D,8D,9D,10D,11D,12D,13D,14D,15D,16D,23D,24D,27D,28D,29D,30D,31D,32D;. The summed E-state index contributed by atoms with van der Waals surface area (Å²) in [5.41, 5.74) is -5.03. The van der Waals surface area contributed by atoms with Crippen molar-refractivity contribution in [2.75, 3.05) is 0 Å². The second-order valence-electron chi connectivity index (χ2n) is 19.6. The van der Waals surface area contributed by atoms with Crippen LogP contribution in [0.25, 0.3) is 94.5 Å². The van der Waals surface area contributed by atoms with Crippen LogP contribution in [-0.2, 0) is 26.5 Å². The minimum absolute atomic E-state index is 0. The molecule has 0 spiro atoms. The molecule has 406 valence electrons. The summed E-state index contributed by atoms with van der Waals surface area (Å²) >= 11 is 0. The molecular formula is C77H57N4OPtSi-. The molecule has 0 unspecified atom stereocenters. The molecule has 5 nitrogen and oxygen atoms in total. The topological polar surface area (TPSA) is 35.9 Å². The van der Waals surface area contributed by atoms with Crippen molar-refractivity contribution in [3.8, 4) is 73.2 Å². The van der Waals surface area contributed by atoms with Gasteiger partial charge in [-0.2, -0.15) is 16.7 Å². The fraction of sp³-hybridized carbons (Fsp3) is 0.0649. The molecule has 11 aromatic carbocycles. The van der Waals surface area contributed by atoms with Gasteiger partial charge in [0.15, 0.2) is 19.1 Å². The van der Waals surface area contributed by atoms with E-state index in [1.165, 1.54) is 88.4 Å². The average Bonchev–Trinajstić information content (AvgIpc) is 1.17. The third-order valence-corrected chi connectivity index (χ3v) is 19.1. The molecular weight excluding hydrogens is 1220 g/mol. The molecule has 0 N–H and O–H groups in total. The molecule has 0 amide bonds. The van der Waals surface area contributed by atoms with Gasteiger partial charge in [0.25, 0.3) is 6.33 Å². The second kappa shape index (κ2) is 21.1. The minimum Gasteiger partial charge on any atom is -0.509 e. The predicted molar refractivity (Wildman–Crippen MR) is 343 cm³/mol. The average molecular weight is 1310 g/mol. The summed E-state index contributed by atoms with van der Waals surface area (Å²) in [6.07, 6.45) is 2.70. The maximum absolute atomic E-state index is 9.92. The van der Waals surface area contributed by atoms with Crippen LogP contribution in [0.4, 0.5) is 0 Å². The van der Waals surface area contributed by atoms with Crippen molar-refractivity contribution in [2.24, 2.45) is 0 Å². The Morgan fingerprint density at radius 3 is 1.88 bits per heavy atom. The minimum atomic E-state index is -6.08. The first-order valence-electron chi connectivity index (χ1n) is 41.9. The maximum atomic E-state index is 9.92. The van der Waals surface area contributed by atoms with E-state index in [1.54, 1.807) is 53.1 Å². The number of fused-ring (bicyclic) bond motifs is 10. The second-order valence-corrected chi connectivity index (χ2v) is 23.2. The van der Waals surface area contributed by atoms with E-state index in [0.29, 0.717) is 16.4 Å². The molecule has 4 heterocycles. The monoisotopic (exact) mass is 1310 g/mol. The van der Waals surface area contributed by atoms with Crippen molar-refractivity contribution in [1.82, 2.24) is 14.1 Å². The molecule has 0 fully saturated rings. The number of aryl methyl sites for hydroxylation is 1. The molecule has 3 aromatic heterocycles. The molecule has 15 rings (SSSR count). The zero-order valence-corrected chi connectivity index (χ0v) is 46.7. The van der Waals surface area contributed by atoms with Crippen LogP contribution in [0.1, 0.15) is 75.5 Å². The van der Waals surface area contributed by atoms with Crippen LogP contribution in [-0.4, -0.2) is 22.2 Å². The van der Waals surface area contributed by atoms with Gasteiger partial charge >= 0.3 is 0 Å². The molecule has 7 heteroatoms. The first kappa shape index (κ1) is 28.2. The molecule has 84 heavy (non-hydrogen) atoms. The van der Waals surface area contributed by atoms with E-state index >= 15 is 0 Å². The van der Waals surface area contributed by atoms with Crippen molar-refractivity contribution >= 4 is 61.7 Å². The first-order chi connectivity index (χ1) is 53.9. The summed E-state index contributed by atoms with van der Waals surface area (Å²) in [4.78, 5) is 4.57. The van der Waals surface area contributed by atoms with Gasteiger partial charge in [-0.25, -0.2) is 9.55 Å². The number of benzene rings is 11. The quantitative estimate of drug-likeness (QED) is 0.0625. The number of pyridine rings is 1. The molecule has 0 atom stereocenters. The Kier molecular flexibility index (Phi) is 7.08. The first-order valence-corrected chi connectivity index (χ1v) is 27.9. The number of nitrogens with zero attached hydrogens (tertiary/aromatic N) is 4. The van der Waals surface area contributed by atoms with E-state index in [2.05, 4.69) is 17.1 Å². The van der Waals surface area contributed by atoms with Gasteiger partial charge in [0.05, 0.1) is 27.4 Å². The smallest absolute Gasteiger partial charge is 0.253 e. The molecule has 1 aliphatic rings. The van der Waals surface area contributed by atoms with Crippen molar-refractivity contribution in [3.63, 3.8) is 0 Å². The number of aromatic nitrogens is 4. The Hall–Kier alpha value is -9.45. The zero-order valence-electron chi connectivity index (χ0n) is 75.4. The van der Waals surface area contributed by atoms with Crippen LogP contribution in [0.3, 0.4) is 0 Å². The molecule has 0 radical (unpaired) electrons. The molecule has 14 aromatic rings. The Labute approximate surface area is 550 Å². The normalized spacial score (nSPS) is 18.0. The maximum Gasteiger partial charge on any atom is 0.253 e. The van der Waals surface area contributed by atoms with Crippen molar-refractivity contribution in [1.29, 1.82) is 0 Å². The summed E-state index contributed by atoms with van der Waals surface area (Å²) in [5, 5.41) is -1.71. The van der Waals surface area contributed by atoms with Gasteiger partial charge in [0.2, 0.25) is 0 Å². The van der Waals surface area contributed by atoms with E-state index in [0.717, 1.165) is 11.5 Å². The van der Waals surface area contributed by atoms with Gasteiger partial charge in [-0.05, 0) is 108 Å². The summed E-state index contributed by atoms with van der Waals surface area (Å²) < 4.78 is 308. The predicted octanol–water partition coefficient (Wildman–Crippen LogP) is 15.8. The fourth-order valence-electron chi connectivity index (χ4n) is 11.5. The van der Waals surface area contributed by atoms with Crippen LogP contribution in [0.5, 0.6) is 11.5 Å². The van der Waals surface area contributed by atoms with Crippen molar-refractivity contribution in [2.45, 2.75) is 32.8 Å². The third kappa shape index (κ3) is 8.70. The van der Waals surface area contributed by atoms with E-state index in [9.17, 15) is 31.5 Å². The summed E-state index contributed by atoms with van der Waals surface area (Å²) in [6, 6.07) is 21.6. The summed E-state index contributed by atoms with van der Waals surface area (Å²) in [6.45, 7) is -14.7. The van der Waals surface area contributed by atoms with Gasteiger partial charge in [-0.3, -0.25) is 0 Å². The number of hydrogen-bond acceptors (Lipinski definition) is 2. The molecule has 0 saturated carbocycles. The van der Waals surface area contributed by atoms with Gasteiger partial charge in [-0.15, -0.1) is 29.7 Å². The number of ether oxygens (including phenoxy) is 1. The summed E-state index contributed by atoms with van der Waals surface area (Å²) in [7, 11) is -6.08. The molecule has 0 aliphatic carbocycles.